The highest BCUT2D eigenvalue weighted by atomic mass is 35.5. The monoisotopic (exact) mass is 341 g/mol. The number of nitrogens with one attached hydrogen (secondary N) is 1. The fourth-order valence-electron chi connectivity index (χ4n) is 2.75. The molecule has 7 heteroatoms. The third kappa shape index (κ3) is 2.19. The van der Waals surface area contributed by atoms with Crippen LogP contribution >= 0.6 is 11.6 Å². The second-order valence-corrected chi connectivity index (χ2v) is 5.65. The Morgan fingerprint density at radius 2 is 1.88 bits per heavy atom. The lowest BCUT2D eigenvalue weighted by molar-refractivity contribution is 0.626. The second-order valence-electron chi connectivity index (χ2n) is 5.24. The topological polar surface area (TPSA) is 67.8 Å². The largest absolute Gasteiger partial charge is 0.349 e. The van der Waals surface area contributed by atoms with Gasteiger partial charge < -0.3 is 0 Å². The lowest BCUT2D eigenvalue weighted by atomic mass is 10.1. The van der Waals surface area contributed by atoms with E-state index in [9.17, 15) is 14.0 Å². The number of fused-ring (bicyclic) bond motifs is 2. The van der Waals surface area contributed by atoms with Crippen LogP contribution in [0.5, 0.6) is 0 Å². The summed E-state index contributed by atoms with van der Waals surface area (Å²) in [7, 11) is 0. The quantitative estimate of drug-likeness (QED) is 0.541. The van der Waals surface area contributed by atoms with Crippen LogP contribution in [0, 0.1) is 5.82 Å². The van der Waals surface area contributed by atoms with E-state index in [1.54, 1.807) is 34.9 Å². The molecule has 0 fully saturated rings. The minimum absolute atomic E-state index is 0.143. The number of aromatic amines is 1. The Hall–Kier alpha value is -2.99. The first-order chi connectivity index (χ1) is 11.5. The summed E-state index contributed by atoms with van der Waals surface area (Å²) < 4.78 is 15.3. The van der Waals surface area contributed by atoms with Crippen molar-refractivity contribution in [1.82, 2.24) is 14.5 Å². The van der Waals surface area contributed by atoms with Crippen molar-refractivity contribution < 1.29 is 4.39 Å². The van der Waals surface area contributed by atoms with Crippen molar-refractivity contribution in [1.29, 1.82) is 0 Å². The number of rotatable bonds is 1. The van der Waals surface area contributed by atoms with Gasteiger partial charge in [0.25, 0.3) is 5.56 Å². The lowest BCUT2D eigenvalue weighted by Crippen LogP contribution is -2.27. The molecule has 2 aromatic rings. The van der Waals surface area contributed by atoms with E-state index in [2.05, 4.69) is 9.97 Å². The van der Waals surface area contributed by atoms with Gasteiger partial charge in [0, 0.05) is 10.4 Å². The minimum Gasteiger partial charge on any atom is -0.293 e. The Morgan fingerprint density at radius 3 is 2.67 bits per heavy atom. The highest BCUT2D eigenvalue weighted by Crippen LogP contribution is 2.31. The van der Waals surface area contributed by atoms with Gasteiger partial charge in [0.1, 0.15) is 5.82 Å². The minimum atomic E-state index is -0.765. The van der Waals surface area contributed by atoms with Gasteiger partial charge in [-0.05, 0) is 36.4 Å². The SMILES string of the molecule is O=c1nc2n(-c3cccc(F)c3)c3cccc(Cl)c3cc-2c(=O)[nH]1. The first kappa shape index (κ1) is 14.6. The van der Waals surface area contributed by atoms with Crippen LogP contribution in [0.25, 0.3) is 28.0 Å². The van der Waals surface area contributed by atoms with Crippen molar-refractivity contribution in [3.63, 3.8) is 0 Å². The number of benzene rings is 2. The second kappa shape index (κ2) is 5.28. The summed E-state index contributed by atoms with van der Waals surface area (Å²) in [6, 6.07) is 12.6. The van der Waals surface area contributed by atoms with Crippen molar-refractivity contribution in [2.24, 2.45) is 0 Å². The maximum absolute atomic E-state index is 13.7. The highest BCUT2D eigenvalue weighted by molar-refractivity contribution is 6.35. The van der Waals surface area contributed by atoms with Gasteiger partial charge in [-0.1, -0.05) is 23.7 Å². The van der Waals surface area contributed by atoms with Gasteiger partial charge in [-0.2, -0.15) is 4.98 Å². The molecule has 5 nitrogen and oxygen atoms in total. The molecule has 2 aliphatic rings. The molecule has 0 unspecified atom stereocenters. The van der Waals surface area contributed by atoms with Crippen LogP contribution in [-0.2, 0) is 0 Å². The summed E-state index contributed by atoms with van der Waals surface area (Å²) in [5.74, 6) is -0.302. The molecule has 0 aliphatic carbocycles. The van der Waals surface area contributed by atoms with Gasteiger partial charge in [0.2, 0.25) is 0 Å². The molecule has 4 rings (SSSR count). The number of pyridine rings is 1. The van der Waals surface area contributed by atoms with E-state index in [1.807, 2.05) is 0 Å². The molecule has 0 spiro atoms. The van der Waals surface area contributed by atoms with Gasteiger partial charge in [-0.15, -0.1) is 0 Å². The maximum Gasteiger partial charge on any atom is 0.349 e. The van der Waals surface area contributed by atoms with E-state index in [0.29, 0.717) is 21.6 Å². The molecule has 24 heavy (non-hydrogen) atoms. The van der Waals surface area contributed by atoms with Crippen molar-refractivity contribution in [2.45, 2.75) is 0 Å². The maximum atomic E-state index is 13.7. The Balaban J connectivity index is 2.29. The number of hydrogen-bond donors (Lipinski definition) is 1. The van der Waals surface area contributed by atoms with Crippen molar-refractivity contribution >= 4 is 22.5 Å². The van der Waals surface area contributed by atoms with Crippen LogP contribution in [0.1, 0.15) is 0 Å². The van der Waals surface area contributed by atoms with E-state index < -0.39 is 17.1 Å². The molecular formula is C17H9ClFN3O2. The van der Waals surface area contributed by atoms with E-state index in [0.717, 1.165) is 0 Å². The number of hydrogen-bond acceptors (Lipinski definition) is 3. The zero-order valence-electron chi connectivity index (χ0n) is 12.1. The number of halogens is 2. The molecule has 0 amide bonds. The van der Waals surface area contributed by atoms with Crippen molar-refractivity contribution in [2.75, 3.05) is 0 Å². The Morgan fingerprint density at radius 1 is 1.08 bits per heavy atom. The predicted octanol–water partition coefficient (Wildman–Crippen LogP) is 2.97. The predicted molar refractivity (Wildman–Crippen MR) is 89.6 cm³/mol. The number of nitrogens with zero attached hydrogens (tertiary/aromatic N) is 2. The van der Waals surface area contributed by atoms with Gasteiger partial charge in [0.05, 0.1) is 16.8 Å². The van der Waals surface area contributed by atoms with Crippen LogP contribution in [0.2, 0.25) is 5.02 Å². The third-order valence-corrected chi connectivity index (χ3v) is 4.08. The van der Waals surface area contributed by atoms with Crippen molar-refractivity contribution in [3.05, 3.63) is 80.2 Å². The highest BCUT2D eigenvalue weighted by Gasteiger charge is 2.19. The standard InChI is InChI=1S/C17H9ClFN3O2/c18-13-5-2-6-14-11(13)8-12-15(20-17(24)21-16(12)23)22(14)10-4-1-3-9(19)7-10/h1-8H,(H,21,23,24). The molecule has 1 N–H and O–H groups in total. The molecule has 0 saturated carbocycles. The first-order valence-corrected chi connectivity index (χ1v) is 7.42. The number of aromatic nitrogens is 3. The summed E-state index contributed by atoms with van der Waals surface area (Å²) in [5, 5.41) is 1.03. The average Bonchev–Trinajstić information content (AvgIpc) is 2.53. The van der Waals surface area contributed by atoms with Crippen LogP contribution in [-0.4, -0.2) is 14.5 Å². The van der Waals surface area contributed by atoms with E-state index >= 15 is 0 Å². The molecule has 0 aromatic heterocycles. The van der Waals surface area contributed by atoms with Crippen LogP contribution in [0.4, 0.5) is 4.39 Å². The van der Waals surface area contributed by atoms with E-state index in [4.69, 9.17) is 11.6 Å². The third-order valence-electron chi connectivity index (χ3n) is 3.75. The summed E-state index contributed by atoms with van der Waals surface area (Å²) in [6.07, 6.45) is 0. The van der Waals surface area contributed by atoms with Crippen molar-refractivity contribution in [3.8, 4) is 17.1 Å². The van der Waals surface area contributed by atoms with Crippen LogP contribution in [0.15, 0.2) is 58.1 Å². The zero-order valence-corrected chi connectivity index (χ0v) is 12.8. The molecule has 2 heterocycles. The summed E-state index contributed by atoms with van der Waals surface area (Å²) >= 11 is 6.25. The normalized spacial score (nSPS) is 11.2. The Labute approximate surface area is 139 Å². The van der Waals surface area contributed by atoms with Gasteiger partial charge in [0.15, 0.2) is 5.82 Å². The molecule has 0 radical (unpaired) electrons. The smallest absolute Gasteiger partial charge is 0.293 e. The molecular weight excluding hydrogens is 333 g/mol. The van der Waals surface area contributed by atoms with Gasteiger partial charge in [-0.25, -0.2) is 9.18 Å². The van der Waals surface area contributed by atoms with Gasteiger partial charge >= 0.3 is 5.69 Å². The summed E-state index contributed by atoms with van der Waals surface area (Å²) in [5.41, 5.74) is -0.0982. The average molecular weight is 342 g/mol. The lowest BCUT2D eigenvalue weighted by Gasteiger charge is -2.18. The number of H-pyrrole nitrogens is 1. The fraction of sp³-hybridized carbons (Fsp3) is 0. The van der Waals surface area contributed by atoms with E-state index in [1.165, 1.54) is 18.2 Å². The molecule has 0 atom stereocenters. The molecule has 0 bridgehead atoms. The first-order valence-electron chi connectivity index (χ1n) is 7.05. The summed E-state index contributed by atoms with van der Waals surface area (Å²) in [6.45, 7) is 0. The van der Waals surface area contributed by atoms with E-state index in [-0.39, 0.29) is 11.4 Å². The Bertz CT molecular complexity index is 1180. The van der Waals surface area contributed by atoms with Crippen LogP contribution in [0.3, 0.4) is 0 Å². The van der Waals surface area contributed by atoms with Crippen LogP contribution < -0.4 is 11.2 Å². The summed E-state index contributed by atoms with van der Waals surface area (Å²) in [4.78, 5) is 29.9. The zero-order chi connectivity index (χ0) is 16.8. The Kier molecular flexibility index (Phi) is 3.21. The molecule has 2 aromatic carbocycles. The molecule has 118 valence electrons. The molecule has 2 aliphatic heterocycles. The fourth-order valence-corrected chi connectivity index (χ4v) is 2.97. The van der Waals surface area contributed by atoms with Gasteiger partial charge in [-0.3, -0.25) is 14.3 Å². The molecule has 0 saturated heterocycles.